The molecule has 0 spiro atoms. The monoisotopic (exact) mass is 245 g/mol. The SMILES string of the molecule is CCC(N)C(SCCCO)c1ccsc1. The third-order valence-electron chi connectivity index (χ3n) is 2.33. The van der Waals surface area contributed by atoms with E-state index in [1.165, 1.54) is 5.56 Å². The summed E-state index contributed by atoms with van der Waals surface area (Å²) in [7, 11) is 0. The van der Waals surface area contributed by atoms with Crippen LogP contribution in [0.5, 0.6) is 0 Å². The highest BCUT2D eigenvalue weighted by molar-refractivity contribution is 7.99. The summed E-state index contributed by atoms with van der Waals surface area (Å²) in [5.74, 6) is 0.977. The van der Waals surface area contributed by atoms with Crippen molar-refractivity contribution in [2.24, 2.45) is 5.73 Å². The van der Waals surface area contributed by atoms with E-state index in [1.807, 2.05) is 11.8 Å². The maximum Gasteiger partial charge on any atom is 0.0456 e. The Kier molecular flexibility index (Phi) is 6.32. The van der Waals surface area contributed by atoms with Crippen molar-refractivity contribution < 1.29 is 5.11 Å². The Morgan fingerprint density at radius 2 is 2.40 bits per heavy atom. The van der Waals surface area contributed by atoms with Crippen LogP contribution >= 0.6 is 23.1 Å². The molecule has 86 valence electrons. The van der Waals surface area contributed by atoms with Crippen LogP contribution in [0.1, 0.15) is 30.6 Å². The molecule has 1 rings (SSSR count). The van der Waals surface area contributed by atoms with Gasteiger partial charge in [-0.15, -0.1) is 0 Å². The van der Waals surface area contributed by atoms with Crippen LogP contribution in [0, 0.1) is 0 Å². The van der Waals surface area contributed by atoms with E-state index in [9.17, 15) is 0 Å². The number of rotatable bonds is 7. The lowest BCUT2D eigenvalue weighted by molar-refractivity contribution is 0.296. The van der Waals surface area contributed by atoms with E-state index in [-0.39, 0.29) is 12.6 Å². The predicted molar refractivity (Wildman–Crippen MR) is 69.5 cm³/mol. The number of hydrogen-bond donors (Lipinski definition) is 2. The van der Waals surface area contributed by atoms with Crippen molar-refractivity contribution in [3.05, 3.63) is 22.4 Å². The first kappa shape index (κ1) is 13.0. The molecule has 0 fully saturated rings. The predicted octanol–water partition coefficient (Wildman–Crippen LogP) is 2.64. The van der Waals surface area contributed by atoms with Crippen LogP contribution in [0.25, 0.3) is 0 Å². The van der Waals surface area contributed by atoms with Gasteiger partial charge in [0, 0.05) is 17.9 Å². The third-order valence-corrected chi connectivity index (χ3v) is 4.54. The van der Waals surface area contributed by atoms with Crippen LogP contribution in [0.4, 0.5) is 0 Å². The molecule has 2 unspecified atom stereocenters. The number of nitrogens with two attached hydrogens (primary N) is 1. The van der Waals surface area contributed by atoms with Crippen molar-refractivity contribution in [2.75, 3.05) is 12.4 Å². The minimum Gasteiger partial charge on any atom is -0.396 e. The Hall–Kier alpha value is -0.0300. The maximum absolute atomic E-state index is 8.76. The summed E-state index contributed by atoms with van der Waals surface area (Å²) in [6, 6.07) is 2.36. The van der Waals surface area contributed by atoms with E-state index < -0.39 is 0 Å². The second kappa shape index (κ2) is 7.28. The van der Waals surface area contributed by atoms with Crippen LogP contribution in [0.2, 0.25) is 0 Å². The van der Waals surface area contributed by atoms with Crippen LogP contribution < -0.4 is 5.73 Å². The van der Waals surface area contributed by atoms with Crippen LogP contribution in [-0.4, -0.2) is 23.5 Å². The molecule has 0 aliphatic carbocycles. The molecule has 15 heavy (non-hydrogen) atoms. The largest absolute Gasteiger partial charge is 0.396 e. The van der Waals surface area contributed by atoms with E-state index >= 15 is 0 Å². The number of hydrogen-bond acceptors (Lipinski definition) is 4. The Bertz CT molecular complexity index is 251. The zero-order valence-electron chi connectivity index (χ0n) is 9.06. The van der Waals surface area contributed by atoms with Crippen LogP contribution in [-0.2, 0) is 0 Å². The molecule has 0 aliphatic heterocycles. The quantitative estimate of drug-likeness (QED) is 0.726. The molecule has 0 aromatic carbocycles. The van der Waals surface area contributed by atoms with Gasteiger partial charge >= 0.3 is 0 Å². The highest BCUT2D eigenvalue weighted by atomic mass is 32.2. The third kappa shape index (κ3) is 4.15. The summed E-state index contributed by atoms with van der Waals surface area (Å²) >= 11 is 3.57. The van der Waals surface area contributed by atoms with Gasteiger partial charge < -0.3 is 10.8 Å². The van der Waals surface area contributed by atoms with Crippen LogP contribution in [0.3, 0.4) is 0 Å². The van der Waals surface area contributed by atoms with Gasteiger partial charge in [0.05, 0.1) is 0 Å². The minimum atomic E-state index is 0.211. The fourth-order valence-electron chi connectivity index (χ4n) is 1.39. The smallest absolute Gasteiger partial charge is 0.0456 e. The molecule has 0 bridgehead atoms. The lowest BCUT2D eigenvalue weighted by atomic mass is 10.1. The van der Waals surface area contributed by atoms with Crippen molar-refractivity contribution in [2.45, 2.75) is 31.1 Å². The summed E-state index contributed by atoms with van der Waals surface area (Å²) in [5, 5.41) is 13.4. The molecule has 1 aromatic heterocycles. The molecule has 0 amide bonds. The summed E-state index contributed by atoms with van der Waals surface area (Å²) < 4.78 is 0. The second-order valence-corrected chi connectivity index (χ2v) is 5.53. The standard InChI is InChI=1S/C11H19NOS2/c1-2-10(12)11(15-6-3-5-13)9-4-7-14-8-9/h4,7-8,10-11,13H,2-3,5-6,12H2,1H3. The average Bonchev–Trinajstić information content (AvgIpc) is 2.77. The van der Waals surface area contributed by atoms with Crippen molar-refractivity contribution in [3.8, 4) is 0 Å². The van der Waals surface area contributed by atoms with E-state index in [4.69, 9.17) is 10.8 Å². The first-order chi connectivity index (χ1) is 7.29. The fourth-order valence-corrected chi connectivity index (χ4v) is 3.50. The van der Waals surface area contributed by atoms with E-state index in [0.29, 0.717) is 5.25 Å². The summed E-state index contributed by atoms with van der Waals surface area (Å²) in [6.07, 6.45) is 1.84. The molecule has 1 heterocycles. The summed E-state index contributed by atoms with van der Waals surface area (Å²) in [5.41, 5.74) is 7.44. The molecule has 1 aromatic rings. The highest BCUT2D eigenvalue weighted by Crippen LogP contribution is 2.34. The molecule has 0 saturated carbocycles. The molecule has 0 saturated heterocycles. The second-order valence-electron chi connectivity index (χ2n) is 3.50. The number of thiophene rings is 1. The Balaban J connectivity index is 2.54. The van der Waals surface area contributed by atoms with E-state index in [1.54, 1.807) is 11.3 Å². The highest BCUT2D eigenvalue weighted by Gasteiger charge is 2.18. The zero-order valence-corrected chi connectivity index (χ0v) is 10.7. The molecule has 3 N–H and O–H groups in total. The first-order valence-corrected chi connectivity index (χ1v) is 7.28. The lowest BCUT2D eigenvalue weighted by Gasteiger charge is -2.21. The van der Waals surface area contributed by atoms with Crippen molar-refractivity contribution in [3.63, 3.8) is 0 Å². The molecular formula is C11H19NOS2. The van der Waals surface area contributed by atoms with Gasteiger partial charge in [0.15, 0.2) is 0 Å². The normalized spacial score (nSPS) is 15.1. The average molecular weight is 245 g/mol. The number of aliphatic hydroxyl groups excluding tert-OH is 1. The van der Waals surface area contributed by atoms with Gasteiger partial charge in [0.25, 0.3) is 0 Å². The Labute approximate surface area is 99.9 Å². The van der Waals surface area contributed by atoms with E-state index in [0.717, 1.165) is 18.6 Å². The minimum absolute atomic E-state index is 0.211. The zero-order chi connectivity index (χ0) is 11.1. The summed E-state index contributed by atoms with van der Waals surface area (Å²) in [6.45, 7) is 2.39. The van der Waals surface area contributed by atoms with Gasteiger partial charge in [-0.25, -0.2) is 0 Å². The Morgan fingerprint density at radius 1 is 1.60 bits per heavy atom. The van der Waals surface area contributed by atoms with Gasteiger partial charge in [-0.05, 0) is 41.0 Å². The lowest BCUT2D eigenvalue weighted by Crippen LogP contribution is -2.25. The topological polar surface area (TPSA) is 46.2 Å². The molecule has 0 aliphatic rings. The van der Waals surface area contributed by atoms with Crippen molar-refractivity contribution >= 4 is 23.1 Å². The van der Waals surface area contributed by atoms with E-state index in [2.05, 4.69) is 23.8 Å². The number of aliphatic hydroxyl groups is 1. The van der Waals surface area contributed by atoms with Gasteiger partial charge in [0.2, 0.25) is 0 Å². The molecule has 4 heteroatoms. The van der Waals surface area contributed by atoms with Gasteiger partial charge in [-0.2, -0.15) is 23.1 Å². The first-order valence-electron chi connectivity index (χ1n) is 5.29. The molecular weight excluding hydrogens is 226 g/mol. The fraction of sp³-hybridized carbons (Fsp3) is 0.636. The molecule has 2 atom stereocenters. The van der Waals surface area contributed by atoms with Gasteiger partial charge in [-0.1, -0.05) is 6.92 Å². The number of thioether (sulfide) groups is 1. The maximum atomic E-state index is 8.76. The van der Waals surface area contributed by atoms with Crippen LogP contribution in [0.15, 0.2) is 16.8 Å². The van der Waals surface area contributed by atoms with Crippen molar-refractivity contribution in [1.82, 2.24) is 0 Å². The van der Waals surface area contributed by atoms with Crippen molar-refractivity contribution in [1.29, 1.82) is 0 Å². The molecule has 0 radical (unpaired) electrons. The Morgan fingerprint density at radius 3 is 2.93 bits per heavy atom. The summed E-state index contributed by atoms with van der Waals surface area (Å²) in [4.78, 5) is 0. The van der Waals surface area contributed by atoms with Gasteiger partial charge in [0.1, 0.15) is 0 Å². The van der Waals surface area contributed by atoms with Gasteiger partial charge in [-0.3, -0.25) is 0 Å². The molecule has 2 nitrogen and oxygen atoms in total.